The average Bonchev–Trinajstić information content (AvgIpc) is 3.98. The lowest BCUT2D eigenvalue weighted by Gasteiger charge is -2.40. The van der Waals surface area contributed by atoms with Crippen LogP contribution in [0.15, 0.2) is 261 Å². The number of fused-ring (bicyclic) bond motifs is 16. The Hall–Kier alpha value is -9.02. The van der Waals surface area contributed by atoms with E-state index in [1.807, 2.05) is 11.3 Å². The zero-order valence-corrected chi connectivity index (χ0v) is 39.9. The first-order chi connectivity index (χ1) is 35.7. The van der Waals surface area contributed by atoms with Crippen molar-refractivity contribution in [1.82, 2.24) is 0 Å². The molecule has 1 aliphatic carbocycles. The minimum Gasteiger partial charge on any atom is -0.455 e. The maximum absolute atomic E-state index is 7.23. The third kappa shape index (κ3) is 6.08. The maximum Gasteiger partial charge on any atom is 0.140 e. The fourth-order valence-electron chi connectivity index (χ4n) is 12.0. The van der Waals surface area contributed by atoms with Crippen LogP contribution in [0, 0.1) is 0 Å². The summed E-state index contributed by atoms with van der Waals surface area (Å²) in [5.74, 6) is 1.85. The van der Waals surface area contributed by atoms with Crippen molar-refractivity contribution < 1.29 is 4.74 Å². The molecule has 0 atom stereocenters. The minimum absolute atomic E-state index is 0.615. The van der Waals surface area contributed by atoms with Crippen molar-refractivity contribution in [1.29, 1.82) is 0 Å². The number of thiophene rings is 1. The quantitative estimate of drug-likeness (QED) is 0.165. The van der Waals surface area contributed by atoms with Crippen LogP contribution < -0.4 is 9.64 Å². The van der Waals surface area contributed by atoms with Gasteiger partial charge in [-0.05, 0) is 115 Å². The highest BCUT2D eigenvalue weighted by molar-refractivity contribution is 7.26. The summed E-state index contributed by atoms with van der Waals surface area (Å²) in [7, 11) is 0. The molecule has 0 unspecified atom stereocenters. The monoisotopic (exact) mass is 933 g/mol. The lowest BCUT2D eigenvalue weighted by atomic mass is 9.65. The predicted molar refractivity (Wildman–Crippen MR) is 303 cm³/mol. The van der Waals surface area contributed by atoms with Crippen molar-refractivity contribution in [2.75, 3.05) is 4.90 Å². The molecule has 1 aliphatic heterocycles. The molecule has 72 heavy (non-hydrogen) atoms. The largest absolute Gasteiger partial charge is 0.455 e. The van der Waals surface area contributed by atoms with Gasteiger partial charge in [-0.15, -0.1) is 11.3 Å². The smallest absolute Gasteiger partial charge is 0.140 e. The van der Waals surface area contributed by atoms with Gasteiger partial charge in [-0.25, -0.2) is 0 Å². The first kappa shape index (κ1) is 40.8. The molecule has 0 N–H and O–H groups in total. The van der Waals surface area contributed by atoms with E-state index < -0.39 is 5.41 Å². The van der Waals surface area contributed by atoms with Crippen molar-refractivity contribution >= 4 is 70.1 Å². The number of ether oxygens (including phenoxy) is 1. The molecule has 0 bridgehead atoms. The van der Waals surface area contributed by atoms with Crippen LogP contribution in [-0.2, 0) is 5.41 Å². The van der Waals surface area contributed by atoms with Gasteiger partial charge in [0.1, 0.15) is 11.5 Å². The Kier molecular flexibility index (Phi) is 9.08. The van der Waals surface area contributed by atoms with Gasteiger partial charge in [-0.2, -0.15) is 0 Å². The van der Waals surface area contributed by atoms with E-state index in [0.717, 1.165) is 55.7 Å². The molecule has 12 aromatic carbocycles. The van der Waals surface area contributed by atoms with Gasteiger partial charge in [0.25, 0.3) is 0 Å². The zero-order chi connectivity index (χ0) is 47.3. The van der Waals surface area contributed by atoms with E-state index in [-0.39, 0.29) is 0 Å². The summed E-state index contributed by atoms with van der Waals surface area (Å²) in [5.41, 5.74) is 17.2. The van der Waals surface area contributed by atoms with Crippen molar-refractivity contribution in [2.24, 2.45) is 0 Å². The van der Waals surface area contributed by atoms with Crippen LogP contribution in [0.25, 0.3) is 86.2 Å². The third-order valence-electron chi connectivity index (χ3n) is 15.3. The summed E-state index contributed by atoms with van der Waals surface area (Å²) in [6, 6.07) is 95.8. The number of rotatable bonds is 6. The van der Waals surface area contributed by atoms with Gasteiger partial charge in [-0.1, -0.05) is 212 Å². The van der Waals surface area contributed by atoms with Gasteiger partial charge in [0.15, 0.2) is 0 Å². The topological polar surface area (TPSA) is 12.5 Å². The molecule has 1 aromatic heterocycles. The van der Waals surface area contributed by atoms with E-state index in [0.29, 0.717) is 0 Å². The molecule has 0 radical (unpaired) electrons. The molecule has 2 aliphatic rings. The molecule has 2 nitrogen and oxygen atoms in total. The van der Waals surface area contributed by atoms with Crippen LogP contribution in [-0.4, -0.2) is 0 Å². The van der Waals surface area contributed by atoms with Gasteiger partial charge in [0, 0.05) is 59.1 Å². The Labute approximate surface area is 421 Å². The van der Waals surface area contributed by atoms with E-state index in [1.165, 1.54) is 81.4 Å². The summed E-state index contributed by atoms with van der Waals surface area (Å²) >= 11 is 1.87. The summed E-state index contributed by atoms with van der Waals surface area (Å²) in [5, 5.41) is 7.19. The minimum atomic E-state index is -0.615. The van der Waals surface area contributed by atoms with Crippen LogP contribution in [0.5, 0.6) is 11.5 Å². The molecule has 0 saturated carbocycles. The lowest BCUT2D eigenvalue weighted by molar-refractivity contribution is 0.447. The van der Waals surface area contributed by atoms with Gasteiger partial charge < -0.3 is 9.64 Å². The lowest BCUT2D eigenvalue weighted by Crippen LogP contribution is -2.32. The van der Waals surface area contributed by atoms with Gasteiger partial charge in [0.2, 0.25) is 0 Å². The van der Waals surface area contributed by atoms with Crippen LogP contribution in [0.2, 0.25) is 0 Å². The highest BCUT2D eigenvalue weighted by atomic mass is 32.1. The summed E-state index contributed by atoms with van der Waals surface area (Å²) < 4.78 is 9.87. The molecule has 0 amide bonds. The van der Waals surface area contributed by atoms with Crippen LogP contribution in [0.4, 0.5) is 17.1 Å². The second-order valence-corrected chi connectivity index (χ2v) is 20.2. The fourth-order valence-corrected chi connectivity index (χ4v) is 13.3. The predicted octanol–water partition coefficient (Wildman–Crippen LogP) is 19.3. The number of nitrogens with zero attached hydrogens (tertiary/aromatic N) is 1. The van der Waals surface area contributed by atoms with Crippen molar-refractivity contribution in [3.8, 4) is 56.0 Å². The number of hydrogen-bond acceptors (Lipinski definition) is 3. The molecule has 2 heterocycles. The zero-order valence-electron chi connectivity index (χ0n) is 39.1. The van der Waals surface area contributed by atoms with E-state index >= 15 is 0 Å². The first-order valence-corrected chi connectivity index (χ1v) is 25.5. The van der Waals surface area contributed by atoms with Crippen LogP contribution in [0.3, 0.4) is 0 Å². The van der Waals surface area contributed by atoms with Crippen molar-refractivity contribution in [3.63, 3.8) is 0 Å². The Morgan fingerprint density at radius 1 is 0.306 bits per heavy atom. The molecule has 3 heteroatoms. The van der Waals surface area contributed by atoms with E-state index in [4.69, 9.17) is 4.74 Å². The van der Waals surface area contributed by atoms with Crippen molar-refractivity contribution in [2.45, 2.75) is 5.41 Å². The summed E-state index contributed by atoms with van der Waals surface area (Å²) in [4.78, 5) is 2.38. The van der Waals surface area contributed by atoms with Crippen LogP contribution >= 0.6 is 11.3 Å². The Morgan fingerprint density at radius 3 is 1.46 bits per heavy atom. The molecule has 1 spiro atoms. The molecular formula is C69H43NOS. The number of benzene rings is 12. The highest BCUT2D eigenvalue weighted by Crippen LogP contribution is 2.64. The molecule has 0 fully saturated rings. The van der Waals surface area contributed by atoms with Crippen LogP contribution in [0.1, 0.15) is 22.3 Å². The number of anilines is 3. The maximum atomic E-state index is 7.23. The summed E-state index contributed by atoms with van der Waals surface area (Å²) in [6.07, 6.45) is 0. The second-order valence-electron chi connectivity index (χ2n) is 19.1. The van der Waals surface area contributed by atoms with E-state index in [9.17, 15) is 0 Å². The normalized spacial score (nSPS) is 12.9. The molecule has 336 valence electrons. The Balaban J connectivity index is 0.865. The molecule has 15 rings (SSSR count). The fraction of sp³-hybridized carbons (Fsp3) is 0.0145. The molecule has 0 saturated heterocycles. The van der Waals surface area contributed by atoms with Gasteiger partial charge in [-0.3, -0.25) is 0 Å². The van der Waals surface area contributed by atoms with E-state index in [1.54, 1.807) is 0 Å². The van der Waals surface area contributed by atoms with Gasteiger partial charge >= 0.3 is 0 Å². The van der Waals surface area contributed by atoms with Gasteiger partial charge in [0.05, 0.1) is 5.41 Å². The molecular weight excluding hydrogens is 891 g/mol. The number of hydrogen-bond donors (Lipinski definition) is 0. The standard InChI is InChI=1S/C69H43NOS/c1-2-13-44(14-3-1)45-25-34-51(35-26-45)70(53-38-29-49(30-39-53)56-21-12-22-60-59-20-9-11-24-65(59)72-68(56)60)52-36-27-46(28-37-52)50-31-40-58-57-19-8-10-23-61(57)69(64(58)43-50)62-41-32-47-15-4-6-17-54(47)66(62)71-67-55-18-7-5-16-48(55)33-42-63(67)69/h1-43H. The summed E-state index contributed by atoms with van der Waals surface area (Å²) in [6.45, 7) is 0. The average molecular weight is 934 g/mol. The first-order valence-electron chi connectivity index (χ1n) is 24.7. The highest BCUT2D eigenvalue weighted by Gasteiger charge is 2.52. The molecule has 13 aromatic rings. The Morgan fingerprint density at radius 2 is 0.792 bits per heavy atom. The van der Waals surface area contributed by atoms with E-state index in [2.05, 4.69) is 266 Å². The second kappa shape index (κ2) is 16.0. The Bertz CT molecular complexity index is 4200. The van der Waals surface area contributed by atoms with Crippen molar-refractivity contribution in [3.05, 3.63) is 283 Å². The SMILES string of the molecule is c1ccc(-c2ccc(N(c3ccc(-c4ccc5c(c4)C4(c6ccccc6-5)c5ccc6ccccc6c5Oc5c4ccc4ccccc54)cc3)c3ccc(-c4cccc5c4sc4ccccc45)cc3)cc2)cc1. The third-order valence-corrected chi connectivity index (χ3v) is 16.6.